The number of benzene rings is 1. The summed E-state index contributed by atoms with van der Waals surface area (Å²) in [5, 5.41) is 11.1. The summed E-state index contributed by atoms with van der Waals surface area (Å²) in [6.45, 7) is 2.16. The molecule has 1 aromatic carbocycles. The lowest BCUT2D eigenvalue weighted by atomic mass is 10.0. The Morgan fingerprint density at radius 2 is 1.96 bits per heavy atom. The van der Waals surface area contributed by atoms with Gasteiger partial charge in [0.05, 0.1) is 5.39 Å². The molecular formula is C18H18N2O4S. The van der Waals surface area contributed by atoms with Gasteiger partial charge in [-0.3, -0.25) is 19.1 Å². The highest BCUT2D eigenvalue weighted by Gasteiger charge is 2.15. The summed E-state index contributed by atoms with van der Waals surface area (Å²) in [4.78, 5) is 38.9. The van der Waals surface area contributed by atoms with Crippen LogP contribution in [0.15, 0.2) is 39.2 Å². The molecule has 0 amide bonds. The fourth-order valence-electron chi connectivity index (χ4n) is 2.78. The van der Waals surface area contributed by atoms with Crippen LogP contribution in [-0.2, 0) is 17.8 Å². The molecule has 3 aromatic rings. The lowest BCUT2D eigenvalue weighted by Crippen LogP contribution is -2.34. The molecular weight excluding hydrogens is 340 g/mol. The van der Waals surface area contributed by atoms with E-state index in [0.29, 0.717) is 10.2 Å². The summed E-state index contributed by atoms with van der Waals surface area (Å²) >= 11 is 1.32. The second kappa shape index (κ2) is 7.06. The summed E-state index contributed by atoms with van der Waals surface area (Å²) in [6, 6.07) is 7.99. The first-order valence-electron chi connectivity index (χ1n) is 8.06. The average Bonchev–Trinajstić information content (AvgIpc) is 3.01. The van der Waals surface area contributed by atoms with Gasteiger partial charge in [-0.1, -0.05) is 31.2 Å². The van der Waals surface area contributed by atoms with E-state index in [9.17, 15) is 14.4 Å². The molecule has 2 heterocycles. The maximum Gasteiger partial charge on any atom is 0.329 e. The van der Waals surface area contributed by atoms with Crippen LogP contribution >= 0.6 is 11.3 Å². The smallest absolute Gasteiger partial charge is 0.329 e. The molecule has 2 N–H and O–H groups in total. The van der Waals surface area contributed by atoms with Crippen LogP contribution in [0.3, 0.4) is 0 Å². The van der Waals surface area contributed by atoms with E-state index >= 15 is 0 Å². The minimum Gasteiger partial charge on any atom is -0.481 e. The van der Waals surface area contributed by atoms with Gasteiger partial charge < -0.3 is 5.11 Å². The summed E-state index contributed by atoms with van der Waals surface area (Å²) < 4.78 is 1.09. The van der Waals surface area contributed by atoms with Crippen LogP contribution in [0.1, 0.15) is 25.3 Å². The zero-order chi connectivity index (χ0) is 18.0. The largest absolute Gasteiger partial charge is 0.481 e. The summed E-state index contributed by atoms with van der Waals surface area (Å²) in [7, 11) is 0. The van der Waals surface area contributed by atoms with Gasteiger partial charge in [-0.2, -0.15) is 0 Å². The Labute approximate surface area is 147 Å². The SMILES string of the molecule is CCc1ccc(-c2csc3[nH]c(=O)n(CCCC(=O)O)c(=O)c23)cc1. The fourth-order valence-corrected chi connectivity index (χ4v) is 3.73. The second-order valence-corrected chi connectivity index (χ2v) is 6.67. The molecule has 0 aliphatic rings. The van der Waals surface area contributed by atoms with Gasteiger partial charge in [0, 0.05) is 23.9 Å². The molecule has 2 aromatic heterocycles. The molecule has 0 aliphatic heterocycles. The van der Waals surface area contributed by atoms with Crippen molar-refractivity contribution in [1.82, 2.24) is 9.55 Å². The molecule has 3 rings (SSSR count). The van der Waals surface area contributed by atoms with Gasteiger partial charge in [0.1, 0.15) is 4.83 Å². The third-order valence-corrected chi connectivity index (χ3v) is 5.06. The zero-order valence-electron chi connectivity index (χ0n) is 13.7. The first-order valence-corrected chi connectivity index (χ1v) is 8.94. The topological polar surface area (TPSA) is 92.2 Å². The number of fused-ring (bicyclic) bond motifs is 1. The van der Waals surface area contributed by atoms with Gasteiger partial charge in [-0.25, -0.2) is 4.79 Å². The van der Waals surface area contributed by atoms with Crippen molar-refractivity contribution in [2.24, 2.45) is 0 Å². The van der Waals surface area contributed by atoms with Crippen molar-refractivity contribution >= 4 is 27.5 Å². The summed E-state index contributed by atoms with van der Waals surface area (Å²) in [5.41, 5.74) is 2.04. The number of hydrogen-bond donors (Lipinski definition) is 2. The Balaban J connectivity index is 2.07. The molecule has 0 radical (unpaired) electrons. The maximum atomic E-state index is 12.8. The Morgan fingerprint density at radius 1 is 1.24 bits per heavy atom. The van der Waals surface area contributed by atoms with Crippen molar-refractivity contribution in [3.63, 3.8) is 0 Å². The number of nitrogens with one attached hydrogen (secondary N) is 1. The van der Waals surface area contributed by atoms with E-state index < -0.39 is 11.7 Å². The Bertz CT molecular complexity index is 1030. The third-order valence-electron chi connectivity index (χ3n) is 4.16. The van der Waals surface area contributed by atoms with E-state index in [0.717, 1.165) is 22.1 Å². The van der Waals surface area contributed by atoms with E-state index in [1.54, 1.807) is 0 Å². The van der Waals surface area contributed by atoms with Gasteiger partial charge >= 0.3 is 11.7 Å². The minimum absolute atomic E-state index is 0.0838. The molecule has 0 saturated heterocycles. The first-order chi connectivity index (χ1) is 12.0. The number of aliphatic carboxylic acids is 1. The monoisotopic (exact) mass is 358 g/mol. The molecule has 0 bridgehead atoms. The van der Waals surface area contributed by atoms with Crippen LogP contribution in [0.2, 0.25) is 0 Å². The number of hydrogen-bond acceptors (Lipinski definition) is 4. The van der Waals surface area contributed by atoms with Gasteiger partial charge in [0.2, 0.25) is 0 Å². The molecule has 0 unspecified atom stereocenters. The molecule has 7 heteroatoms. The highest BCUT2D eigenvalue weighted by molar-refractivity contribution is 7.17. The van der Waals surface area contributed by atoms with Crippen LogP contribution in [0, 0.1) is 0 Å². The zero-order valence-corrected chi connectivity index (χ0v) is 14.6. The van der Waals surface area contributed by atoms with Crippen LogP contribution in [0.4, 0.5) is 0 Å². The van der Waals surface area contributed by atoms with Crippen LogP contribution in [-0.4, -0.2) is 20.6 Å². The van der Waals surface area contributed by atoms with E-state index in [2.05, 4.69) is 11.9 Å². The van der Waals surface area contributed by atoms with Gasteiger partial charge in [0.25, 0.3) is 5.56 Å². The molecule has 0 aliphatic carbocycles. The predicted molar refractivity (Wildman–Crippen MR) is 98.4 cm³/mol. The molecule has 0 fully saturated rings. The Morgan fingerprint density at radius 3 is 2.60 bits per heavy atom. The van der Waals surface area contributed by atoms with Gasteiger partial charge in [0.15, 0.2) is 0 Å². The quantitative estimate of drug-likeness (QED) is 0.709. The normalized spacial score (nSPS) is 11.1. The number of carbonyl (C=O) groups is 1. The lowest BCUT2D eigenvalue weighted by molar-refractivity contribution is -0.137. The van der Waals surface area contributed by atoms with E-state index in [4.69, 9.17) is 5.11 Å². The average molecular weight is 358 g/mol. The third kappa shape index (κ3) is 3.41. The second-order valence-electron chi connectivity index (χ2n) is 5.79. The number of aromatic amines is 1. The van der Waals surface area contributed by atoms with E-state index in [-0.39, 0.29) is 24.9 Å². The van der Waals surface area contributed by atoms with Crippen molar-refractivity contribution in [2.75, 3.05) is 0 Å². The number of H-pyrrole nitrogens is 1. The number of nitrogens with zero attached hydrogens (tertiary/aromatic N) is 1. The molecule has 0 spiro atoms. The van der Waals surface area contributed by atoms with E-state index in [1.165, 1.54) is 16.9 Å². The predicted octanol–water partition coefficient (Wildman–Crippen LogP) is 2.85. The van der Waals surface area contributed by atoms with E-state index in [1.807, 2.05) is 29.6 Å². The van der Waals surface area contributed by atoms with Crippen LogP contribution in [0.5, 0.6) is 0 Å². The summed E-state index contributed by atoms with van der Waals surface area (Å²) in [5.74, 6) is -0.946. The Hall–Kier alpha value is -2.67. The summed E-state index contributed by atoms with van der Waals surface area (Å²) in [6.07, 6.45) is 1.09. The number of carboxylic acid groups (broad SMARTS) is 1. The van der Waals surface area contributed by atoms with Crippen molar-refractivity contribution < 1.29 is 9.90 Å². The number of rotatable bonds is 6. The standard InChI is InChI=1S/C18H18N2O4S/c1-2-11-5-7-12(8-6-11)13-10-25-16-15(13)17(23)20(18(24)19-16)9-3-4-14(21)22/h5-8,10H,2-4,9H2,1H3,(H,19,24)(H,21,22). The highest BCUT2D eigenvalue weighted by atomic mass is 32.1. The lowest BCUT2D eigenvalue weighted by Gasteiger charge is -2.05. The van der Waals surface area contributed by atoms with Crippen molar-refractivity contribution in [1.29, 1.82) is 0 Å². The number of carboxylic acids is 1. The molecule has 0 atom stereocenters. The van der Waals surface area contributed by atoms with Crippen molar-refractivity contribution in [2.45, 2.75) is 32.7 Å². The number of aryl methyl sites for hydroxylation is 1. The molecule has 6 nitrogen and oxygen atoms in total. The molecule has 0 saturated carbocycles. The first kappa shape index (κ1) is 17.2. The molecule has 130 valence electrons. The highest BCUT2D eigenvalue weighted by Crippen LogP contribution is 2.30. The minimum atomic E-state index is -0.946. The van der Waals surface area contributed by atoms with Gasteiger partial charge in [-0.05, 0) is 24.0 Å². The number of aromatic nitrogens is 2. The Kier molecular flexibility index (Phi) is 4.85. The fraction of sp³-hybridized carbons (Fsp3) is 0.278. The van der Waals surface area contributed by atoms with Crippen LogP contribution in [0.25, 0.3) is 21.3 Å². The molecule has 25 heavy (non-hydrogen) atoms. The number of thiophene rings is 1. The van der Waals surface area contributed by atoms with Crippen molar-refractivity contribution in [3.8, 4) is 11.1 Å². The van der Waals surface area contributed by atoms with Crippen molar-refractivity contribution in [3.05, 3.63) is 56.0 Å². The van der Waals surface area contributed by atoms with Gasteiger partial charge in [-0.15, -0.1) is 11.3 Å². The van der Waals surface area contributed by atoms with Crippen LogP contribution < -0.4 is 11.2 Å². The maximum absolute atomic E-state index is 12.8.